The van der Waals surface area contributed by atoms with Gasteiger partial charge in [-0.3, -0.25) is 0 Å². The highest BCUT2D eigenvalue weighted by Gasteiger charge is 2.33. The van der Waals surface area contributed by atoms with Gasteiger partial charge < -0.3 is 15.7 Å². The van der Waals surface area contributed by atoms with E-state index >= 15 is 0 Å². The van der Waals surface area contributed by atoms with Gasteiger partial charge in [0.05, 0.1) is 17.4 Å². The van der Waals surface area contributed by atoms with Crippen LogP contribution in [-0.2, 0) is 6.18 Å². The molecule has 0 aliphatic carbocycles. The van der Waals surface area contributed by atoms with E-state index in [9.17, 15) is 23.1 Å². The lowest BCUT2D eigenvalue weighted by Crippen LogP contribution is -2.33. The fourth-order valence-corrected chi connectivity index (χ4v) is 2.55. The Morgan fingerprint density at radius 2 is 1.80 bits per heavy atom. The van der Waals surface area contributed by atoms with Gasteiger partial charge in [-0.05, 0) is 36.1 Å². The number of aliphatic hydroxyl groups excluding tert-OH is 1. The Morgan fingerprint density at radius 3 is 2.40 bits per heavy atom. The second-order valence-corrected chi connectivity index (χ2v) is 6.05. The third-order valence-corrected chi connectivity index (χ3v) is 4.18. The highest BCUT2D eigenvalue weighted by Crippen LogP contribution is 2.34. The molecule has 2 aromatic rings. The van der Waals surface area contributed by atoms with Gasteiger partial charge in [0.1, 0.15) is 0 Å². The largest absolute Gasteiger partial charge is 0.418 e. The zero-order chi connectivity index (χ0) is 18.4. The molecule has 2 aromatic carbocycles. The number of nitrogens with one attached hydrogen (secondary N) is 2. The highest BCUT2D eigenvalue weighted by molar-refractivity contribution is 7.98. The number of para-hydroxylation sites is 1. The van der Waals surface area contributed by atoms with E-state index in [1.54, 1.807) is 23.9 Å². The van der Waals surface area contributed by atoms with Gasteiger partial charge in [0.25, 0.3) is 0 Å². The predicted octanol–water partition coefficient (Wildman–Crippen LogP) is 4.28. The van der Waals surface area contributed by atoms with Gasteiger partial charge in [0.2, 0.25) is 0 Å². The van der Waals surface area contributed by atoms with Crippen molar-refractivity contribution in [1.29, 1.82) is 0 Å². The van der Waals surface area contributed by atoms with Gasteiger partial charge in [-0.1, -0.05) is 24.3 Å². The van der Waals surface area contributed by atoms with Crippen molar-refractivity contribution >= 4 is 23.5 Å². The summed E-state index contributed by atoms with van der Waals surface area (Å²) in [5.74, 6) is 0. The summed E-state index contributed by atoms with van der Waals surface area (Å²) in [5, 5.41) is 14.6. The number of carbonyl (C=O) groups excluding carboxylic acids is 1. The lowest BCUT2D eigenvalue weighted by Gasteiger charge is -2.16. The third kappa shape index (κ3) is 5.40. The number of urea groups is 1. The van der Waals surface area contributed by atoms with Crippen molar-refractivity contribution < 1.29 is 23.1 Å². The van der Waals surface area contributed by atoms with E-state index in [4.69, 9.17) is 0 Å². The number of amides is 2. The number of halogens is 3. The first kappa shape index (κ1) is 19.1. The Hall–Kier alpha value is -2.19. The molecule has 4 nitrogen and oxygen atoms in total. The van der Waals surface area contributed by atoms with Gasteiger partial charge in [0.15, 0.2) is 0 Å². The van der Waals surface area contributed by atoms with E-state index in [0.29, 0.717) is 5.56 Å². The predicted molar refractivity (Wildman–Crippen MR) is 91.6 cm³/mol. The third-order valence-electron chi connectivity index (χ3n) is 3.44. The number of anilines is 1. The van der Waals surface area contributed by atoms with Crippen molar-refractivity contribution in [3.05, 3.63) is 59.7 Å². The second-order valence-electron chi connectivity index (χ2n) is 5.17. The average Bonchev–Trinajstić information content (AvgIpc) is 2.59. The van der Waals surface area contributed by atoms with Crippen molar-refractivity contribution in [2.75, 3.05) is 18.1 Å². The van der Waals surface area contributed by atoms with Gasteiger partial charge in [0, 0.05) is 11.4 Å². The molecule has 8 heteroatoms. The van der Waals surface area contributed by atoms with Crippen LogP contribution in [-0.4, -0.2) is 23.9 Å². The molecule has 1 atom stereocenters. The molecule has 134 valence electrons. The van der Waals surface area contributed by atoms with Crippen LogP contribution in [0.3, 0.4) is 0 Å². The van der Waals surface area contributed by atoms with Crippen molar-refractivity contribution in [1.82, 2.24) is 5.32 Å². The standard InChI is InChI=1S/C17H17F3N2O2S/c1-25-12-8-6-11(7-9-12)15(23)10-21-16(24)22-14-5-3-2-4-13(14)17(18,19)20/h2-9,15,23H,10H2,1H3,(H2,21,22,24)/t15-/m1/s1. The SMILES string of the molecule is CSc1ccc([C@H](O)CNC(=O)Nc2ccccc2C(F)(F)F)cc1. The van der Waals surface area contributed by atoms with Crippen molar-refractivity contribution in [2.45, 2.75) is 17.2 Å². The fraction of sp³-hybridized carbons (Fsp3) is 0.235. The van der Waals surface area contributed by atoms with E-state index in [1.807, 2.05) is 18.4 Å². The Bertz CT molecular complexity index is 721. The molecular weight excluding hydrogens is 353 g/mol. The van der Waals surface area contributed by atoms with E-state index in [1.165, 1.54) is 18.2 Å². The highest BCUT2D eigenvalue weighted by atomic mass is 32.2. The first-order valence-corrected chi connectivity index (χ1v) is 8.57. The summed E-state index contributed by atoms with van der Waals surface area (Å²) in [7, 11) is 0. The number of hydrogen-bond donors (Lipinski definition) is 3. The van der Waals surface area contributed by atoms with Crippen LogP contribution in [0.1, 0.15) is 17.2 Å². The number of rotatable bonds is 5. The smallest absolute Gasteiger partial charge is 0.387 e. The van der Waals surface area contributed by atoms with Crippen molar-refractivity contribution in [3.8, 4) is 0 Å². The van der Waals surface area contributed by atoms with Crippen LogP contribution in [0.2, 0.25) is 0 Å². The van der Waals surface area contributed by atoms with E-state index < -0.39 is 23.9 Å². The molecule has 0 saturated heterocycles. The Balaban J connectivity index is 1.94. The normalized spacial score (nSPS) is 12.5. The van der Waals surface area contributed by atoms with Gasteiger partial charge in [-0.2, -0.15) is 13.2 Å². The number of thioether (sulfide) groups is 1. The van der Waals surface area contributed by atoms with E-state index in [0.717, 1.165) is 11.0 Å². The van der Waals surface area contributed by atoms with Crippen LogP contribution >= 0.6 is 11.8 Å². The van der Waals surface area contributed by atoms with Gasteiger partial charge in [-0.25, -0.2) is 4.79 Å². The van der Waals surface area contributed by atoms with Crippen LogP contribution in [0.25, 0.3) is 0 Å². The first-order chi connectivity index (χ1) is 11.8. The van der Waals surface area contributed by atoms with Crippen LogP contribution < -0.4 is 10.6 Å². The quantitative estimate of drug-likeness (QED) is 0.689. The van der Waals surface area contributed by atoms with Gasteiger partial charge >= 0.3 is 12.2 Å². The maximum absolute atomic E-state index is 12.9. The summed E-state index contributed by atoms with van der Waals surface area (Å²) < 4.78 is 38.6. The Morgan fingerprint density at radius 1 is 1.16 bits per heavy atom. The minimum Gasteiger partial charge on any atom is -0.387 e. The molecule has 2 rings (SSSR count). The summed E-state index contributed by atoms with van der Waals surface area (Å²) >= 11 is 1.56. The lowest BCUT2D eigenvalue weighted by atomic mass is 10.1. The average molecular weight is 370 g/mol. The molecule has 0 fully saturated rings. The zero-order valence-corrected chi connectivity index (χ0v) is 14.1. The molecule has 0 aliphatic rings. The molecule has 0 heterocycles. The molecule has 25 heavy (non-hydrogen) atoms. The Labute approximate surface area is 147 Å². The summed E-state index contributed by atoms with van der Waals surface area (Å²) in [6, 6.07) is 11.0. The van der Waals surface area contributed by atoms with E-state index in [2.05, 4.69) is 10.6 Å². The minimum absolute atomic E-state index is 0.126. The maximum atomic E-state index is 12.9. The van der Waals surface area contributed by atoms with Crippen LogP contribution in [0.4, 0.5) is 23.7 Å². The number of carbonyl (C=O) groups is 1. The number of hydrogen-bond acceptors (Lipinski definition) is 3. The minimum atomic E-state index is -4.57. The van der Waals surface area contributed by atoms with Crippen LogP contribution in [0, 0.1) is 0 Å². The second kappa shape index (κ2) is 8.26. The monoisotopic (exact) mass is 370 g/mol. The van der Waals surface area contributed by atoms with E-state index in [-0.39, 0.29) is 12.2 Å². The molecule has 0 bridgehead atoms. The molecule has 0 unspecified atom stereocenters. The molecular formula is C17H17F3N2O2S. The first-order valence-electron chi connectivity index (χ1n) is 7.34. The molecule has 0 saturated carbocycles. The molecule has 0 radical (unpaired) electrons. The van der Waals surface area contributed by atoms with Crippen LogP contribution in [0.5, 0.6) is 0 Å². The fourth-order valence-electron chi connectivity index (χ4n) is 2.14. The van der Waals surface area contributed by atoms with Crippen molar-refractivity contribution in [3.63, 3.8) is 0 Å². The Kier molecular flexibility index (Phi) is 6.33. The molecule has 3 N–H and O–H groups in total. The maximum Gasteiger partial charge on any atom is 0.418 e. The molecule has 0 aromatic heterocycles. The van der Waals surface area contributed by atoms with Crippen LogP contribution in [0.15, 0.2) is 53.4 Å². The number of aliphatic hydroxyl groups is 1. The number of alkyl halides is 3. The summed E-state index contributed by atoms with van der Waals surface area (Å²) in [4.78, 5) is 12.9. The van der Waals surface area contributed by atoms with Gasteiger partial charge in [-0.15, -0.1) is 11.8 Å². The summed E-state index contributed by atoms with van der Waals surface area (Å²) in [5.41, 5.74) is -0.668. The summed E-state index contributed by atoms with van der Waals surface area (Å²) in [6.07, 6.45) is -3.60. The molecule has 2 amide bonds. The molecule has 0 aliphatic heterocycles. The zero-order valence-electron chi connectivity index (χ0n) is 13.3. The number of benzene rings is 2. The summed E-state index contributed by atoms with van der Waals surface area (Å²) in [6.45, 7) is -0.126. The van der Waals surface area contributed by atoms with Crippen molar-refractivity contribution in [2.24, 2.45) is 0 Å². The molecule has 0 spiro atoms. The topological polar surface area (TPSA) is 61.4 Å². The lowest BCUT2D eigenvalue weighted by molar-refractivity contribution is -0.136.